The Kier molecular flexibility index (Phi) is 6.26. The van der Waals surface area contributed by atoms with Crippen molar-refractivity contribution in [2.45, 2.75) is 40.0 Å². The van der Waals surface area contributed by atoms with E-state index in [1.807, 2.05) is 12.1 Å². The van der Waals surface area contributed by atoms with Crippen LogP contribution in [0.25, 0.3) is 0 Å². The number of rotatable bonds is 6. The second-order valence-corrected chi connectivity index (χ2v) is 4.98. The van der Waals surface area contributed by atoms with Crippen LogP contribution in [0.15, 0.2) is 29.3 Å². The fourth-order valence-electron chi connectivity index (χ4n) is 1.76. The van der Waals surface area contributed by atoms with Gasteiger partial charge in [-0.2, -0.15) is 0 Å². The number of aliphatic imine (C=N–C) groups is 1. The van der Waals surface area contributed by atoms with Crippen molar-refractivity contribution in [2.24, 2.45) is 16.6 Å². The molecule has 0 fully saturated rings. The van der Waals surface area contributed by atoms with Gasteiger partial charge in [-0.25, -0.2) is 0 Å². The van der Waals surface area contributed by atoms with E-state index in [1.165, 1.54) is 12.0 Å². The Hall–Kier alpha value is -1.51. The Morgan fingerprint density at radius 1 is 1.39 bits per heavy atom. The van der Waals surface area contributed by atoms with Gasteiger partial charge in [-0.15, -0.1) is 0 Å². The second kappa shape index (κ2) is 7.75. The number of hydrogen-bond acceptors (Lipinski definition) is 1. The third kappa shape index (κ3) is 5.71. The molecule has 1 aromatic carbocycles. The number of nitrogens with zero attached hydrogens (tertiary/aromatic N) is 1. The van der Waals surface area contributed by atoms with Crippen molar-refractivity contribution in [1.29, 1.82) is 0 Å². The van der Waals surface area contributed by atoms with Gasteiger partial charge in [0, 0.05) is 12.2 Å². The van der Waals surface area contributed by atoms with Gasteiger partial charge >= 0.3 is 0 Å². The van der Waals surface area contributed by atoms with E-state index >= 15 is 0 Å². The molecule has 0 aliphatic carbocycles. The average Bonchev–Trinajstić information content (AvgIpc) is 2.34. The zero-order valence-electron chi connectivity index (χ0n) is 11.7. The molecule has 0 unspecified atom stereocenters. The zero-order chi connectivity index (χ0) is 13.4. The highest BCUT2D eigenvalue weighted by Gasteiger charge is 1.97. The van der Waals surface area contributed by atoms with Crippen LogP contribution in [0.4, 0.5) is 5.69 Å². The first kappa shape index (κ1) is 14.6. The van der Waals surface area contributed by atoms with E-state index in [0.717, 1.165) is 31.0 Å². The van der Waals surface area contributed by atoms with Crippen LogP contribution < -0.4 is 11.1 Å². The van der Waals surface area contributed by atoms with E-state index in [1.54, 1.807) is 0 Å². The molecule has 100 valence electrons. The number of nitrogens with one attached hydrogen (secondary N) is 1. The lowest BCUT2D eigenvalue weighted by Crippen LogP contribution is -2.22. The first-order chi connectivity index (χ1) is 8.61. The molecule has 0 radical (unpaired) electrons. The third-order valence-corrected chi connectivity index (χ3v) is 2.83. The van der Waals surface area contributed by atoms with Gasteiger partial charge < -0.3 is 11.1 Å². The van der Waals surface area contributed by atoms with Crippen LogP contribution >= 0.6 is 0 Å². The molecule has 0 saturated heterocycles. The summed E-state index contributed by atoms with van der Waals surface area (Å²) in [4.78, 5) is 4.33. The molecule has 0 atom stereocenters. The molecule has 18 heavy (non-hydrogen) atoms. The third-order valence-electron chi connectivity index (χ3n) is 2.83. The number of nitrogens with two attached hydrogens (primary N) is 1. The zero-order valence-corrected chi connectivity index (χ0v) is 11.7. The number of anilines is 1. The van der Waals surface area contributed by atoms with Gasteiger partial charge in [0.2, 0.25) is 0 Å². The normalized spacial score (nSPS) is 11.9. The molecular formula is C15H25N3. The summed E-state index contributed by atoms with van der Waals surface area (Å²) in [7, 11) is 0. The minimum atomic E-state index is 0.506. The molecule has 0 amide bonds. The topological polar surface area (TPSA) is 50.4 Å². The average molecular weight is 247 g/mol. The van der Waals surface area contributed by atoms with E-state index in [4.69, 9.17) is 5.73 Å². The van der Waals surface area contributed by atoms with Crippen LogP contribution in [0.1, 0.15) is 39.2 Å². The summed E-state index contributed by atoms with van der Waals surface area (Å²) in [5.41, 5.74) is 8.17. The molecule has 3 N–H and O–H groups in total. The predicted molar refractivity (Wildman–Crippen MR) is 80.0 cm³/mol. The van der Waals surface area contributed by atoms with Crippen LogP contribution in [-0.4, -0.2) is 12.5 Å². The van der Waals surface area contributed by atoms with E-state index in [-0.39, 0.29) is 0 Å². The summed E-state index contributed by atoms with van der Waals surface area (Å²) in [6, 6.07) is 8.26. The minimum absolute atomic E-state index is 0.506. The summed E-state index contributed by atoms with van der Waals surface area (Å²) in [6.07, 6.45) is 3.32. The molecule has 3 heteroatoms. The Balaban J connectivity index is 2.42. The number of aryl methyl sites for hydroxylation is 1. The monoisotopic (exact) mass is 247 g/mol. The van der Waals surface area contributed by atoms with Crippen LogP contribution in [0.5, 0.6) is 0 Å². The van der Waals surface area contributed by atoms with Crippen molar-refractivity contribution in [3.8, 4) is 0 Å². The van der Waals surface area contributed by atoms with Crippen molar-refractivity contribution in [3.63, 3.8) is 0 Å². The molecule has 3 nitrogen and oxygen atoms in total. The van der Waals surface area contributed by atoms with E-state index in [0.29, 0.717) is 5.96 Å². The Bertz CT molecular complexity index is 383. The van der Waals surface area contributed by atoms with Crippen LogP contribution in [-0.2, 0) is 6.42 Å². The molecule has 0 saturated carbocycles. The molecule has 0 spiro atoms. The van der Waals surface area contributed by atoms with E-state index in [2.05, 4.69) is 43.2 Å². The summed E-state index contributed by atoms with van der Waals surface area (Å²) < 4.78 is 0. The second-order valence-electron chi connectivity index (χ2n) is 4.98. The fourth-order valence-corrected chi connectivity index (χ4v) is 1.76. The molecule has 0 aliphatic heterocycles. The van der Waals surface area contributed by atoms with Crippen LogP contribution in [0.2, 0.25) is 0 Å². The molecule has 0 aliphatic rings. The smallest absolute Gasteiger partial charge is 0.193 e. The van der Waals surface area contributed by atoms with Gasteiger partial charge in [0.25, 0.3) is 0 Å². The maximum atomic E-state index is 5.85. The highest BCUT2D eigenvalue weighted by molar-refractivity contribution is 5.92. The van der Waals surface area contributed by atoms with Gasteiger partial charge in [0.1, 0.15) is 0 Å². The first-order valence-electron chi connectivity index (χ1n) is 6.77. The Labute approximate surface area is 111 Å². The highest BCUT2D eigenvalue weighted by Crippen LogP contribution is 2.10. The predicted octanol–water partition coefficient (Wildman–Crippen LogP) is 3.41. The standard InChI is InChI=1S/C15H25N3/c1-4-13-8-5-9-14(11-13)18-15(16)17-10-6-7-12(2)3/h5,8-9,11-12H,4,6-7,10H2,1-3H3,(H3,16,17,18). The van der Waals surface area contributed by atoms with Crippen LogP contribution in [0.3, 0.4) is 0 Å². The number of guanidine groups is 1. The van der Waals surface area contributed by atoms with Crippen molar-refractivity contribution in [3.05, 3.63) is 29.8 Å². The minimum Gasteiger partial charge on any atom is -0.370 e. The number of benzene rings is 1. The molecule has 1 aromatic rings. The summed E-state index contributed by atoms with van der Waals surface area (Å²) in [5, 5.41) is 3.13. The molecule has 1 rings (SSSR count). The summed E-state index contributed by atoms with van der Waals surface area (Å²) in [5.74, 6) is 1.24. The van der Waals surface area contributed by atoms with Crippen molar-refractivity contribution in [2.75, 3.05) is 11.9 Å². The Morgan fingerprint density at radius 3 is 2.83 bits per heavy atom. The van der Waals surface area contributed by atoms with Crippen molar-refractivity contribution in [1.82, 2.24) is 0 Å². The first-order valence-corrected chi connectivity index (χ1v) is 6.77. The molecule has 0 bridgehead atoms. The van der Waals surface area contributed by atoms with Gasteiger partial charge in [0.15, 0.2) is 5.96 Å². The maximum Gasteiger partial charge on any atom is 0.193 e. The lowest BCUT2D eigenvalue weighted by atomic mass is 10.1. The molecule has 0 aromatic heterocycles. The number of hydrogen-bond donors (Lipinski definition) is 2. The highest BCUT2D eigenvalue weighted by atomic mass is 15.1. The van der Waals surface area contributed by atoms with Crippen molar-refractivity contribution < 1.29 is 0 Å². The van der Waals surface area contributed by atoms with Gasteiger partial charge in [0.05, 0.1) is 0 Å². The fraction of sp³-hybridized carbons (Fsp3) is 0.533. The van der Waals surface area contributed by atoms with Gasteiger partial charge in [-0.05, 0) is 42.9 Å². The van der Waals surface area contributed by atoms with Crippen molar-refractivity contribution >= 4 is 11.6 Å². The molecule has 0 heterocycles. The van der Waals surface area contributed by atoms with Gasteiger partial charge in [-0.1, -0.05) is 32.9 Å². The maximum absolute atomic E-state index is 5.85. The largest absolute Gasteiger partial charge is 0.370 e. The van der Waals surface area contributed by atoms with E-state index < -0.39 is 0 Å². The van der Waals surface area contributed by atoms with E-state index in [9.17, 15) is 0 Å². The van der Waals surface area contributed by atoms with Gasteiger partial charge in [-0.3, -0.25) is 4.99 Å². The lowest BCUT2D eigenvalue weighted by Gasteiger charge is -2.07. The quantitative estimate of drug-likeness (QED) is 0.460. The lowest BCUT2D eigenvalue weighted by molar-refractivity contribution is 0.561. The molecular weight excluding hydrogens is 222 g/mol. The summed E-state index contributed by atoms with van der Waals surface area (Å²) in [6.45, 7) is 7.39. The Morgan fingerprint density at radius 2 is 2.17 bits per heavy atom. The summed E-state index contributed by atoms with van der Waals surface area (Å²) >= 11 is 0. The van der Waals surface area contributed by atoms with Crippen LogP contribution in [0, 0.1) is 5.92 Å². The SMILES string of the molecule is CCc1cccc(NC(N)=NCCCC(C)C)c1.